The van der Waals surface area contributed by atoms with Gasteiger partial charge in [-0.25, -0.2) is 0 Å². The molecular formula is C18H27N3O3. The van der Waals surface area contributed by atoms with E-state index in [9.17, 15) is 4.79 Å². The molecule has 1 atom stereocenters. The number of amides is 1. The second-order valence-corrected chi connectivity index (χ2v) is 5.81. The Morgan fingerprint density at radius 1 is 1.17 bits per heavy atom. The van der Waals surface area contributed by atoms with Gasteiger partial charge in [-0.3, -0.25) is 14.6 Å². The van der Waals surface area contributed by atoms with Crippen LogP contribution >= 0.6 is 0 Å². The molecule has 0 bridgehead atoms. The van der Waals surface area contributed by atoms with E-state index < -0.39 is 0 Å². The quantitative estimate of drug-likeness (QED) is 0.724. The number of hydrogen-bond donors (Lipinski definition) is 1. The molecule has 0 aromatic carbocycles. The lowest BCUT2D eigenvalue weighted by Gasteiger charge is -2.28. The maximum Gasteiger partial charge on any atom is 0.234 e. The first-order valence-corrected chi connectivity index (χ1v) is 8.39. The average Bonchev–Trinajstić information content (AvgIpc) is 3.24. The Kier molecular flexibility index (Phi) is 7.08. The van der Waals surface area contributed by atoms with Gasteiger partial charge in [0.05, 0.1) is 31.7 Å². The third-order valence-corrected chi connectivity index (χ3v) is 4.04. The average molecular weight is 333 g/mol. The minimum Gasteiger partial charge on any atom is -0.468 e. The summed E-state index contributed by atoms with van der Waals surface area (Å²) in [6.07, 6.45) is 3.31. The first kappa shape index (κ1) is 18.3. The smallest absolute Gasteiger partial charge is 0.234 e. The lowest BCUT2D eigenvalue weighted by Crippen LogP contribution is -2.41. The fourth-order valence-electron chi connectivity index (χ4n) is 2.79. The van der Waals surface area contributed by atoms with Crippen molar-refractivity contribution in [3.05, 3.63) is 48.3 Å². The van der Waals surface area contributed by atoms with Crippen molar-refractivity contribution < 1.29 is 13.6 Å². The summed E-state index contributed by atoms with van der Waals surface area (Å²) in [5.74, 6) is 1.72. The summed E-state index contributed by atoms with van der Waals surface area (Å²) in [7, 11) is 1.90. The molecule has 132 valence electrons. The molecule has 2 heterocycles. The Balaban J connectivity index is 1.85. The summed E-state index contributed by atoms with van der Waals surface area (Å²) in [4.78, 5) is 16.4. The first-order valence-electron chi connectivity index (χ1n) is 8.39. The highest BCUT2D eigenvalue weighted by molar-refractivity contribution is 5.78. The van der Waals surface area contributed by atoms with Crippen LogP contribution in [0.25, 0.3) is 0 Å². The Labute approximate surface area is 143 Å². The van der Waals surface area contributed by atoms with Crippen molar-refractivity contribution in [2.24, 2.45) is 0 Å². The molecule has 6 nitrogen and oxygen atoms in total. The van der Waals surface area contributed by atoms with E-state index >= 15 is 0 Å². The minimum atomic E-state index is -0.00670. The maximum atomic E-state index is 12.2. The monoisotopic (exact) mass is 333 g/mol. The largest absolute Gasteiger partial charge is 0.468 e. The van der Waals surface area contributed by atoms with E-state index in [1.54, 1.807) is 12.5 Å². The molecular weight excluding hydrogens is 306 g/mol. The van der Waals surface area contributed by atoms with E-state index in [0.717, 1.165) is 24.6 Å². The molecule has 1 N–H and O–H groups in total. The zero-order valence-electron chi connectivity index (χ0n) is 14.7. The van der Waals surface area contributed by atoms with Crippen LogP contribution in [0.15, 0.2) is 45.6 Å². The van der Waals surface area contributed by atoms with Crippen LogP contribution in [0.2, 0.25) is 0 Å². The van der Waals surface area contributed by atoms with E-state index in [1.807, 2.05) is 36.2 Å². The summed E-state index contributed by atoms with van der Waals surface area (Å²) in [5, 5.41) is 3.02. The molecule has 2 rings (SSSR count). The maximum absolute atomic E-state index is 12.2. The van der Waals surface area contributed by atoms with Gasteiger partial charge in [0.25, 0.3) is 0 Å². The molecule has 0 aliphatic heterocycles. The molecule has 0 radical (unpaired) electrons. The summed E-state index contributed by atoms with van der Waals surface area (Å²) < 4.78 is 10.8. The molecule has 1 amide bonds. The summed E-state index contributed by atoms with van der Waals surface area (Å²) in [5.41, 5.74) is 0. The molecule has 0 spiro atoms. The number of carbonyl (C=O) groups is 1. The number of likely N-dealkylation sites (N-methyl/N-ethyl adjacent to an activating group) is 2. The second kappa shape index (κ2) is 9.30. The SMILES string of the molecule is CCN(CC)[C@@H](CNC(=O)CN(C)Cc1ccco1)c1ccco1. The Morgan fingerprint density at radius 3 is 2.46 bits per heavy atom. The molecule has 0 saturated carbocycles. The van der Waals surface area contributed by atoms with Gasteiger partial charge >= 0.3 is 0 Å². The van der Waals surface area contributed by atoms with E-state index in [-0.39, 0.29) is 11.9 Å². The van der Waals surface area contributed by atoms with Crippen molar-refractivity contribution in [3.8, 4) is 0 Å². The predicted molar refractivity (Wildman–Crippen MR) is 92.4 cm³/mol. The van der Waals surface area contributed by atoms with Crippen LogP contribution in [0.3, 0.4) is 0 Å². The van der Waals surface area contributed by atoms with E-state index in [4.69, 9.17) is 8.83 Å². The zero-order chi connectivity index (χ0) is 17.4. The van der Waals surface area contributed by atoms with Gasteiger partial charge in [-0.1, -0.05) is 13.8 Å². The topological polar surface area (TPSA) is 61.9 Å². The lowest BCUT2D eigenvalue weighted by atomic mass is 10.2. The highest BCUT2D eigenvalue weighted by Crippen LogP contribution is 2.20. The van der Waals surface area contributed by atoms with Crippen molar-refractivity contribution in [1.82, 2.24) is 15.1 Å². The van der Waals surface area contributed by atoms with Crippen molar-refractivity contribution in [2.45, 2.75) is 26.4 Å². The fourth-order valence-corrected chi connectivity index (χ4v) is 2.79. The number of carbonyl (C=O) groups excluding carboxylic acids is 1. The van der Waals surface area contributed by atoms with Crippen LogP contribution in [-0.4, -0.2) is 48.9 Å². The molecule has 0 aliphatic rings. The van der Waals surface area contributed by atoms with Gasteiger partial charge in [0.2, 0.25) is 5.91 Å². The molecule has 24 heavy (non-hydrogen) atoms. The van der Waals surface area contributed by atoms with Gasteiger partial charge in [-0.2, -0.15) is 0 Å². The van der Waals surface area contributed by atoms with Gasteiger partial charge in [0.1, 0.15) is 11.5 Å². The molecule has 2 aromatic rings. The normalized spacial score (nSPS) is 12.7. The standard InChI is InChI=1S/C18H27N3O3/c1-4-21(5-2)16(17-9-7-11-24-17)12-19-18(22)14-20(3)13-15-8-6-10-23-15/h6-11,16H,4-5,12-14H2,1-3H3,(H,19,22)/t16-/m0/s1. The molecule has 6 heteroatoms. The molecule has 0 unspecified atom stereocenters. The van der Waals surface area contributed by atoms with Crippen LogP contribution in [-0.2, 0) is 11.3 Å². The van der Waals surface area contributed by atoms with Crippen LogP contribution in [0, 0.1) is 0 Å². The Hall–Kier alpha value is -2.05. The Morgan fingerprint density at radius 2 is 1.88 bits per heavy atom. The van der Waals surface area contributed by atoms with E-state index in [0.29, 0.717) is 19.6 Å². The first-order chi connectivity index (χ1) is 11.6. The Bertz CT molecular complexity index is 577. The van der Waals surface area contributed by atoms with Crippen LogP contribution in [0.4, 0.5) is 0 Å². The molecule has 0 saturated heterocycles. The number of nitrogens with zero attached hydrogens (tertiary/aromatic N) is 2. The van der Waals surface area contributed by atoms with Gasteiger partial charge < -0.3 is 14.2 Å². The van der Waals surface area contributed by atoms with Gasteiger partial charge in [0.15, 0.2) is 0 Å². The third-order valence-electron chi connectivity index (χ3n) is 4.04. The molecule has 0 fully saturated rings. The summed E-state index contributed by atoms with van der Waals surface area (Å²) >= 11 is 0. The van der Waals surface area contributed by atoms with Crippen molar-refractivity contribution in [1.29, 1.82) is 0 Å². The van der Waals surface area contributed by atoms with E-state index in [1.165, 1.54) is 0 Å². The number of rotatable bonds is 10. The van der Waals surface area contributed by atoms with Crippen molar-refractivity contribution in [2.75, 3.05) is 33.2 Å². The van der Waals surface area contributed by atoms with Gasteiger partial charge in [-0.05, 0) is 44.4 Å². The van der Waals surface area contributed by atoms with Crippen LogP contribution in [0.5, 0.6) is 0 Å². The minimum absolute atomic E-state index is 0.00670. The molecule has 0 aliphatic carbocycles. The van der Waals surface area contributed by atoms with Crippen LogP contribution in [0.1, 0.15) is 31.4 Å². The highest BCUT2D eigenvalue weighted by atomic mass is 16.3. The highest BCUT2D eigenvalue weighted by Gasteiger charge is 2.21. The second-order valence-electron chi connectivity index (χ2n) is 5.81. The molecule has 2 aromatic heterocycles. The number of furan rings is 2. The third kappa shape index (κ3) is 5.25. The summed E-state index contributed by atoms with van der Waals surface area (Å²) in [6.45, 7) is 7.48. The van der Waals surface area contributed by atoms with Crippen molar-refractivity contribution in [3.63, 3.8) is 0 Å². The van der Waals surface area contributed by atoms with Crippen LogP contribution < -0.4 is 5.32 Å². The van der Waals surface area contributed by atoms with E-state index in [2.05, 4.69) is 24.1 Å². The fraction of sp³-hybridized carbons (Fsp3) is 0.500. The van der Waals surface area contributed by atoms with Gasteiger partial charge in [-0.15, -0.1) is 0 Å². The predicted octanol–water partition coefficient (Wildman–Crippen LogP) is 2.50. The lowest BCUT2D eigenvalue weighted by molar-refractivity contribution is -0.122. The number of nitrogens with one attached hydrogen (secondary N) is 1. The zero-order valence-corrected chi connectivity index (χ0v) is 14.7. The van der Waals surface area contributed by atoms with Crippen molar-refractivity contribution >= 4 is 5.91 Å². The summed E-state index contributed by atoms with van der Waals surface area (Å²) in [6, 6.07) is 7.64. The number of hydrogen-bond acceptors (Lipinski definition) is 5. The van der Waals surface area contributed by atoms with Gasteiger partial charge in [0, 0.05) is 6.54 Å².